The van der Waals surface area contributed by atoms with Crippen molar-refractivity contribution in [3.8, 4) is 0 Å². The molecule has 0 bridgehead atoms. The van der Waals surface area contributed by atoms with E-state index >= 15 is 0 Å². The van der Waals surface area contributed by atoms with Crippen LogP contribution >= 0.6 is 0 Å². The number of allylic oxidation sites excluding steroid dienone is 1. The molecule has 4 aliphatic carbocycles. The number of hydrogen-bond donors (Lipinski definition) is 2. The minimum atomic E-state index is -1.59. The van der Waals surface area contributed by atoms with Gasteiger partial charge in [0.05, 0.1) is 6.10 Å². The Morgan fingerprint density at radius 1 is 1.19 bits per heavy atom. The van der Waals surface area contributed by atoms with Crippen LogP contribution in [0.15, 0.2) is 11.6 Å². The third-order valence-corrected chi connectivity index (χ3v) is 9.61. The second kappa shape index (κ2) is 8.35. The molecule has 0 aromatic rings. The van der Waals surface area contributed by atoms with Gasteiger partial charge in [0.2, 0.25) is 5.78 Å². The van der Waals surface area contributed by atoms with Crippen molar-refractivity contribution in [2.45, 2.75) is 96.7 Å². The molecule has 0 amide bonds. The van der Waals surface area contributed by atoms with Crippen molar-refractivity contribution in [3.05, 3.63) is 11.6 Å². The van der Waals surface area contributed by atoms with Gasteiger partial charge >= 0.3 is 5.97 Å². The van der Waals surface area contributed by atoms with Crippen molar-refractivity contribution in [2.75, 3.05) is 6.61 Å². The van der Waals surface area contributed by atoms with E-state index in [4.69, 9.17) is 4.74 Å². The van der Waals surface area contributed by atoms with Crippen molar-refractivity contribution >= 4 is 17.5 Å². The molecule has 0 aliphatic heterocycles. The van der Waals surface area contributed by atoms with Crippen LogP contribution in [0.1, 0.15) is 85.0 Å². The van der Waals surface area contributed by atoms with Gasteiger partial charge in [0.1, 0.15) is 5.60 Å². The number of Topliss-reactive ketones (excluding diaryl/α,β-unsaturated/α-hetero) is 1. The Morgan fingerprint density at radius 3 is 2.66 bits per heavy atom. The molecule has 0 spiro atoms. The number of aliphatic hydroxyl groups is 2. The third kappa shape index (κ3) is 3.49. The topological polar surface area (TPSA) is 101 Å². The Hall–Kier alpha value is -1.53. The second-order valence-corrected chi connectivity index (χ2v) is 11.2. The molecular weight excluding hydrogens is 408 g/mol. The second-order valence-electron chi connectivity index (χ2n) is 11.2. The molecule has 6 heteroatoms. The van der Waals surface area contributed by atoms with Gasteiger partial charge in [-0.1, -0.05) is 32.8 Å². The molecule has 6 unspecified atom stereocenters. The number of aliphatic hydroxyl groups excluding tert-OH is 1. The van der Waals surface area contributed by atoms with Crippen LogP contribution in [0.5, 0.6) is 0 Å². The first-order valence-electron chi connectivity index (χ1n) is 12.4. The summed E-state index contributed by atoms with van der Waals surface area (Å²) in [6, 6.07) is 0. The maximum atomic E-state index is 13.1. The molecule has 0 aromatic carbocycles. The first-order chi connectivity index (χ1) is 15.1. The molecule has 32 heavy (non-hydrogen) atoms. The number of rotatable bonds is 6. The average molecular weight is 447 g/mol. The first kappa shape index (κ1) is 23.6. The quantitative estimate of drug-likeness (QED) is 0.606. The SMILES string of the molecule is CCCCC(=O)OCC(=O)[C@@]1(O)CCC2C3CCC4=CC(=O)CCC4(C)C3C(O)CC21C. The van der Waals surface area contributed by atoms with E-state index in [2.05, 4.69) is 6.92 Å². The highest BCUT2D eigenvalue weighted by Crippen LogP contribution is 2.67. The van der Waals surface area contributed by atoms with Gasteiger partial charge in [-0.3, -0.25) is 14.4 Å². The van der Waals surface area contributed by atoms with Crippen molar-refractivity contribution in [1.82, 2.24) is 0 Å². The van der Waals surface area contributed by atoms with E-state index in [-0.39, 0.29) is 35.4 Å². The van der Waals surface area contributed by atoms with E-state index in [9.17, 15) is 24.6 Å². The molecule has 3 fully saturated rings. The van der Waals surface area contributed by atoms with Crippen LogP contribution in [0, 0.1) is 28.6 Å². The standard InChI is InChI=1S/C26H38O6/c1-4-5-6-22(30)32-15-21(29)26(31)12-10-19-18-8-7-16-13-17(27)9-11-24(16,2)23(18)20(28)14-25(19,26)3/h13,18-20,23,28,31H,4-12,14-15H2,1-3H3/t18?,19?,20?,23?,24?,25?,26-/m0/s1. The van der Waals surface area contributed by atoms with Crippen LogP contribution in [-0.2, 0) is 19.1 Å². The van der Waals surface area contributed by atoms with Crippen LogP contribution < -0.4 is 0 Å². The predicted molar refractivity (Wildman–Crippen MR) is 119 cm³/mol. The highest BCUT2D eigenvalue weighted by atomic mass is 16.5. The van der Waals surface area contributed by atoms with Gasteiger partial charge in [-0.05, 0) is 74.2 Å². The summed E-state index contributed by atoms with van der Waals surface area (Å²) in [5.41, 5.74) is -1.37. The smallest absolute Gasteiger partial charge is 0.306 e. The molecule has 4 aliphatic rings. The fourth-order valence-electron chi connectivity index (χ4n) is 7.81. The van der Waals surface area contributed by atoms with Gasteiger partial charge in [-0.25, -0.2) is 0 Å². The number of ketones is 2. The van der Waals surface area contributed by atoms with Gasteiger partial charge in [-0.15, -0.1) is 0 Å². The molecule has 0 radical (unpaired) electrons. The summed E-state index contributed by atoms with van der Waals surface area (Å²) < 4.78 is 5.19. The van der Waals surface area contributed by atoms with Gasteiger partial charge < -0.3 is 14.9 Å². The molecule has 7 atom stereocenters. The lowest BCUT2D eigenvalue weighted by Crippen LogP contribution is -2.62. The van der Waals surface area contributed by atoms with E-state index in [1.807, 2.05) is 19.9 Å². The van der Waals surface area contributed by atoms with Crippen LogP contribution in [0.3, 0.4) is 0 Å². The van der Waals surface area contributed by atoms with Gasteiger partial charge in [-0.2, -0.15) is 0 Å². The zero-order valence-corrected chi connectivity index (χ0v) is 19.7. The number of fused-ring (bicyclic) bond motifs is 5. The number of hydrogen-bond acceptors (Lipinski definition) is 6. The first-order valence-corrected chi connectivity index (χ1v) is 12.4. The monoisotopic (exact) mass is 446 g/mol. The van der Waals surface area contributed by atoms with E-state index < -0.39 is 35.5 Å². The fourth-order valence-corrected chi connectivity index (χ4v) is 7.81. The molecule has 178 valence electrons. The molecule has 0 saturated heterocycles. The van der Waals surface area contributed by atoms with E-state index in [0.717, 1.165) is 32.1 Å². The zero-order chi connectivity index (χ0) is 23.3. The Bertz CT molecular complexity index is 832. The number of ether oxygens (including phenoxy) is 1. The third-order valence-electron chi connectivity index (χ3n) is 9.61. The summed E-state index contributed by atoms with van der Waals surface area (Å²) in [5.74, 6) is -0.300. The molecular formula is C26H38O6. The summed E-state index contributed by atoms with van der Waals surface area (Å²) in [4.78, 5) is 37.1. The van der Waals surface area contributed by atoms with Crippen molar-refractivity contribution in [3.63, 3.8) is 0 Å². The highest BCUT2D eigenvalue weighted by Gasteiger charge is 2.68. The predicted octanol–water partition coefficient (Wildman–Crippen LogP) is 3.52. The maximum Gasteiger partial charge on any atom is 0.306 e. The minimum Gasteiger partial charge on any atom is -0.458 e. The van der Waals surface area contributed by atoms with Gasteiger partial charge in [0.25, 0.3) is 0 Å². The van der Waals surface area contributed by atoms with Crippen LogP contribution in [0.2, 0.25) is 0 Å². The summed E-state index contributed by atoms with van der Waals surface area (Å²) in [7, 11) is 0. The maximum absolute atomic E-state index is 13.1. The summed E-state index contributed by atoms with van der Waals surface area (Å²) in [6.45, 7) is 5.71. The van der Waals surface area contributed by atoms with Gasteiger partial charge in [0.15, 0.2) is 12.4 Å². The van der Waals surface area contributed by atoms with Crippen molar-refractivity contribution in [1.29, 1.82) is 0 Å². The van der Waals surface area contributed by atoms with E-state index in [0.29, 0.717) is 25.7 Å². The average Bonchev–Trinajstić information content (AvgIpc) is 3.02. The summed E-state index contributed by atoms with van der Waals surface area (Å²) >= 11 is 0. The van der Waals surface area contributed by atoms with E-state index in [1.54, 1.807) is 0 Å². The van der Waals surface area contributed by atoms with Gasteiger partial charge in [0, 0.05) is 18.3 Å². The number of carbonyl (C=O) groups is 3. The van der Waals surface area contributed by atoms with Crippen molar-refractivity contribution < 1.29 is 29.3 Å². The lowest BCUT2D eigenvalue weighted by atomic mass is 9.45. The Morgan fingerprint density at radius 2 is 1.94 bits per heavy atom. The molecule has 2 N–H and O–H groups in total. The summed E-state index contributed by atoms with van der Waals surface area (Å²) in [5, 5.41) is 23.0. The zero-order valence-electron chi connectivity index (χ0n) is 19.7. The molecule has 3 saturated carbocycles. The number of unbranched alkanes of at least 4 members (excludes halogenated alkanes) is 1. The minimum absolute atomic E-state index is 0.0398. The number of esters is 1. The lowest BCUT2D eigenvalue weighted by Gasteiger charge is -2.60. The number of carbonyl (C=O) groups excluding carboxylic acids is 3. The Labute approximate surface area is 190 Å². The Kier molecular flexibility index (Phi) is 6.17. The van der Waals surface area contributed by atoms with Crippen molar-refractivity contribution in [2.24, 2.45) is 28.6 Å². The highest BCUT2D eigenvalue weighted by molar-refractivity contribution is 5.92. The van der Waals surface area contributed by atoms with Crippen LogP contribution in [0.4, 0.5) is 0 Å². The summed E-state index contributed by atoms with van der Waals surface area (Å²) in [6.07, 6.45) is 7.43. The molecule has 0 aromatic heterocycles. The lowest BCUT2D eigenvalue weighted by molar-refractivity contribution is -0.184. The Balaban J connectivity index is 1.55. The molecule has 0 heterocycles. The van der Waals surface area contributed by atoms with Crippen LogP contribution in [-0.4, -0.2) is 46.1 Å². The van der Waals surface area contributed by atoms with E-state index in [1.165, 1.54) is 5.57 Å². The molecule has 6 nitrogen and oxygen atoms in total. The fraction of sp³-hybridized carbons (Fsp3) is 0.808. The largest absolute Gasteiger partial charge is 0.458 e. The molecule has 4 rings (SSSR count). The normalized spacial score (nSPS) is 43.0. The van der Waals surface area contributed by atoms with Crippen LogP contribution in [0.25, 0.3) is 0 Å².